The lowest BCUT2D eigenvalue weighted by atomic mass is 9.88. The largest absolute Gasteiger partial charge is 0.493 e. The lowest BCUT2D eigenvalue weighted by Crippen LogP contribution is -2.40. The summed E-state index contributed by atoms with van der Waals surface area (Å²) in [7, 11) is 6.50. The van der Waals surface area contributed by atoms with Gasteiger partial charge >= 0.3 is 0 Å². The van der Waals surface area contributed by atoms with Crippen LogP contribution in [-0.2, 0) is 9.47 Å². The summed E-state index contributed by atoms with van der Waals surface area (Å²) in [6.45, 7) is 4.36. The van der Waals surface area contributed by atoms with Gasteiger partial charge in [-0.25, -0.2) is 0 Å². The van der Waals surface area contributed by atoms with Crippen molar-refractivity contribution in [1.82, 2.24) is 0 Å². The third-order valence-corrected chi connectivity index (χ3v) is 4.96. The van der Waals surface area contributed by atoms with Gasteiger partial charge in [0.2, 0.25) is 0 Å². The second-order valence-electron chi connectivity index (χ2n) is 7.08. The fourth-order valence-electron chi connectivity index (χ4n) is 3.48. The molecule has 0 bridgehead atoms. The van der Waals surface area contributed by atoms with Gasteiger partial charge in [-0.1, -0.05) is 12.1 Å². The number of ether oxygens (including phenoxy) is 6. The lowest BCUT2D eigenvalue weighted by Gasteiger charge is -2.41. The summed E-state index contributed by atoms with van der Waals surface area (Å²) in [6, 6.07) is 11.7. The summed E-state index contributed by atoms with van der Waals surface area (Å²) >= 11 is 0. The van der Waals surface area contributed by atoms with Crippen LogP contribution in [0.15, 0.2) is 36.4 Å². The molecule has 2 atom stereocenters. The van der Waals surface area contributed by atoms with E-state index in [1.54, 1.807) is 28.4 Å². The highest BCUT2D eigenvalue weighted by molar-refractivity contribution is 5.47. The number of benzene rings is 2. The van der Waals surface area contributed by atoms with E-state index in [2.05, 4.69) is 0 Å². The normalized spacial score (nSPS) is 21.1. The summed E-state index contributed by atoms with van der Waals surface area (Å²) in [5.74, 6) is 2.00. The second kappa shape index (κ2) is 8.29. The van der Waals surface area contributed by atoms with Crippen LogP contribution in [0.3, 0.4) is 0 Å². The first-order chi connectivity index (χ1) is 13.4. The molecule has 152 valence electrons. The highest BCUT2D eigenvalue weighted by Gasteiger charge is 2.39. The molecule has 2 aromatic carbocycles. The molecule has 6 nitrogen and oxygen atoms in total. The van der Waals surface area contributed by atoms with Crippen molar-refractivity contribution in [2.45, 2.75) is 31.7 Å². The first-order valence-corrected chi connectivity index (χ1v) is 9.18. The molecule has 0 spiro atoms. The number of hydrogen-bond acceptors (Lipinski definition) is 6. The van der Waals surface area contributed by atoms with Crippen LogP contribution in [0.1, 0.15) is 37.0 Å². The van der Waals surface area contributed by atoms with Gasteiger partial charge < -0.3 is 28.4 Å². The monoisotopic (exact) mass is 388 g/mol. The third-order valence-electron chi connectivity index (χ3n) is 4.96. The molecule has 1 heterocycles. The Hall–Kier alpha value is -2.44. The molecular weight excluding hydrogens is 360 g/mol. The Bertz CT molecular complexity index is 817. The SMILES string of the molecule is COc1ccc([C@H]2COC(C)(C)O[C@H]2c2ccc(OC)c(OC)c2)cc1OC. The molecule has 1 aliphatic rings. The lowest BCUT2D eigenvalue weighted by molar-refractivity contribution is -0.283. The van der Waals surface area contributed by atoms with Crippen molar-refractivity contribution in [3.63, 3.8) is 0 Å². The first-order valence-electron chi connectivity index (χ1n) is 9.18. The number of methoxy groups -OCH3 is 4. The van der Waals surface area contributed by atoms with Crippen LogP contribution in [0.4, 0.5) is 0 Å². The molecule has 0 N–H and O–H groups in total. The first kappa shape index (κ1) is 20.3. The van der Waals surface area contributed by atoms with Crippen molar-refractivity contribution in [2.24, 2.45) is 0 Å². The molecule has 1 aliphatic heterocycles. The van der Waals surface area contributed by atoms with Gasteiger partial charge in [-0.05, 0) is 49.2 Å². The molecule has 0 radical (unpaired) electrons. The van der Waals surface area contributed by atoms with Gasteiger partial charge in [0.1, 0.15) is 0 Å². The maximum absolute atomic E-state index is 6.34. The van der Waals surface area contributed by atoms with Gasteiger partial charge in [0.25, 0.3) is 0 Å². The topological polar surface area (TPSA) is 55.4 Å². The minimum atomic E-state index is -0.690. The molecule has 0 unspecified atom stereocenters. The molecule has 0 amide bonds. The van der Waals surface area contributed by atoms with E-state index in [9.17, 15) is 0 Å². The second-order valence-corrected chi connectivity index (χ2v) is 7.08. The van der Waals surface area contributed by atoms with Crippen LogP contribution in [0, 0.1) is 0 Å². The number of hydrogen-bond donors (Lipinski definition) is 0. The zero-order valence-corrected chi connectivity index (χ0v) is 17.3. The van der Waals surface area contributed by atoms with Crippen molar-refractivity contribution in [2.75, 3.05) is 35.0 Å². The summed E-state index contributed by atoms with van der Waals surface area (Å²) in [5, 5.41) is 0. The van der Waals surface area contributed by atoms with Crippen LogP contribution in [0.25, 0.3) is 0 Å². The molecule has 1 saturated heterocycles. The Morgan fingerprint density at radius 1 is 0.750 bits per heavy atom. The van der Waals surface area contributed by atoms with E-state index >= 15 is 0 Å². The molecule has 3 rings (SSSR count). The molecule has 0 aromatic heterocycles. The van der Waals surface area contributed by atoms with Crippen molar-refractivity contribution >= 4 is 0 Å². The van der Waals surface area contributed by atoms with Gasteiger partial charge in [0.15, 0.2) is 28.8 Å². The Labute approximate surface area is 166 Å². The summed E-state index contributed by atoms with van der Waals surface area (Å²) < 4.78 is 34.0. The van der Waals surface area contributed by atoms with E-state index in [4.69, 9.17) is 28.4 Å². The predicted molar refractivity (Wildman–Crippen MR) is 106 cm³/mol. The fourth-order valence-corrected chi connectivity index (χ4v) is 3.48. The maximum Gasteiger partial charge on any atom is 0.163 e. The average Bonchev–Trinajstić information content (AvgIpc) is 2.72. The zero-order valence-electron chi connectivity index (χ0n) is 17.3. The van der Waals surface area contributed by atoms with Crippen LogP contribution < -0.4 is 18.9 Å². The highest BCUT2D eigenvalue weighted by Crippen LogP contribution is 2.45. The summed E-state index contributed by atoms with van der Waals surface area (Å²) in [6.07, 6.45) is -0.221. The van der Waals surface area contributed by atoms with Gasteiger partial charge in [0.05, 0.1) is 41.2 Å². The van der Waals surface area contributed by atoms with Crippen molar-refractivity contribution < 1.29 is 28.4 Å². The van der Waals surface area contributed by atoms with Crippen LogP contribution >= 0.6 is 0 Å². The van der Waals surface area contributed by atoms with Gasteiger partial charge in [-0.3, -0.25) is 0 Å². The third kappa shape index (κ3) is 4.03. The van der Waals surface area contributed by atoms with Gasteiger partial charge in [-0.2, -0.15) is 0 Å². The van der Waals surface area contributed by atoms with E-state index in [1.165, 1.54) is 0 Å². The Kier molecular flexibility index (Phi) is 6.01. The minimum Gasteiger partial charge on any atom is -0.493 e. The molecule has 6 heteroatoms. The smallest absolute Gasteiger partial charge is 0.163 e. The van der Waals surface area contributed by atoms with E-state index < -0.39 is 5.79 Å². The number of rotatable bonds is 6. The molecule has 1 fully saturated rings. The molecule has 28 heavy (non-hydrogen) atoms. The predicted octanol–water partition coefficient (Wildman–Crippen LogP) is 4.33. The van der Waals surface area contributed by atoms with E-state index in [0.717, 1.165) is 11.1 Å². The van der Waals surface area contributed by atoms with Gasteiger partial charge in [0, 0.05) is 5.92 Å². The zero-order chi connectivity index (χ0) is 20.3. The standard InChI is InChI=1S/C22H28O6/c1-22(2)27-13-16(14-7-9-17(23-3)19(11-14)25-5)21(28-22)15-8-10-18(24-4)20(12-15)26-6/h7-12,16,21H,13H2,1-6H3/t16-,21+/m1/s1. The molecule has 0 saturated carbocycles. The molecular formula is C22H28O6. The minimum absolute atomic E-state index is 0.0223. The Morgan fingerprint density at radius 2 is 1.25 bits per heavy atom. The summed E-state index contributed by atoms with van der Waals surface area (Å²) in [5.41, 5.74) is 2.04. The maximum atomic E-state index is 6.34. The summed E-state index contributed by atoms with van der Waals surface area (Å²) in [4.78, 5) is 0. The van der Waals surface area contributed by atoms with E-state index in [1.807, 2.05) is 50.2 Å². The van der Waals surface area contributed by atoms with Gasteiger partial charge in [-0.15, -0.1) is 0 Å². The van der Waals surface area contributed by atoms with E-state index in [0.29, 0.717) is 29.6 Å². The van der Waals surface area contributed by atoms with Crippen molar-refractivity contribution in [1.29, 1.82) is 0 Å². The molecule has 2 aromatic rings. The molecule has 0 aliphatic carbocycles. The van der Waals surface area contributed by atoms with Crippen LogP contribution in [-0.4, -0.2) is 40.8 Å². The van der Waals surface area contributed by atoms with Crippen molar-refractivity contribution in [3.8, 4) is 23.0 Å². The quantitative estimate of drug-likeness (QED) is 0.734. The van der Waals surface area contributed by atoms with Crippen LogP contribution in [0.2, 0.25) is 0 Å². The fraction of sp³-hybridized carbons (Fsp3) is 0.455. The van der Waals surface area contributed by atoms with E-state index in [-0.39, 0.29) is 12.0 Å². The highest BCUT2D eigenvalue weighted by atomic mass is 16.7. The average molecular weight is 388 g/mol. The van der Waals surface area contributed by atoms with Crippen molar-refractivity contribution in [3.05, 3.63) is 47.5 Å². The Balaban J connectivity index is 2.02. The Morgan fingerprint density at radius 3 is 1.79 bits per heavy atom. The van der Waals surface area contributed by atoms with Crippen LogP contribution in [0.5, 0.6) is 23.0 Å².